The Morgan fingerprint density at radius 2 is 1.48 bits per heavy atom. The van der Waals surface area contributed by atoms with Crippen LogP contribution >= 0.6 is 0 Å². The van der Waals surface area contributed by atoms with Gasteiger partial charge in [0.05, 0.1) is 0 Å². The van der Waals surface area contributed by atoms with Crippen LogP contribution in [0.25, 0.3) is 22.3 Å². The lowest BCUT2D eigenvalue weighted by Crippen LogP contribution is -2.52. The number of fused-ring (bicyclic) bond motifs is 1. The van der Waals surface area contributed by atoms with Gasteiger partial charge in [0, 0.05) is 35.8 Å². The molecule has 0 saturated carbocycles. The van der Waals surface area contributed by atoms with Crippen LogP contribution in [0.4, 0.5) is 13.2 Å². The maximum absolute atomic E-state index is 14.5. The highest BCUT2D eigenvalue weighted by Crippen LogP contribution is 2.45. The Morgan fingerprint density at radius 1 is 0.885 bits per heavy atom. The van der Waals surface area contributed by atoms with E-state index >= 15 is 0 Å². The fourth-order valence-corrected chi connectivity index (χ4v) is 5.69. The second kappa shape index (κ2) is 15.4. The van der Waals surface area contributed by atoms with Crippen molar-refractivity contribution in [3.63, 3.8) is 0 Å². The molecular weight excluding hydrogens is 681 g/mol. The lowest BCUT2D eigenvalue weighted by molar-refractivity contribution is -0.277. The third kappa shape index (κ3) is 7.57. The molecule has 4 aromatic rings. The fourth-order valence-electron chi connectivity index (χ4n) is 5.69. The maximum atomic E-state index is 14.5. The highest BCUT2D eigenvalue weighted by Gasteiger charge is 2.64. The summed E-state index contributed by atoms with van der Waals surface area (Å²) in [5.41, 5.74) is -2.70. The molecule has 3 aromatic carbocycles. The van der Waals surface area contributed by atoms with Gasteiger partial charge in [-0.3, -0.25) is 4.79 Å². The molecule has 0 amide bonds. The molecule has 0 aliphatic rings. The minimum absolute atomic E-state index is 0.0157. The lowest BCUT2D eigenvalue weighted by atomic mass is 9.92. The van der Waals surface area contributed by atoms with E-state index in [-0.39, 0.29) is 69.6 Å². The molecule has 52 heavy (non-hydrogen) atoms. The number of ether oxygens (including phenoxy) is 2. The standard InChI is InChI=1S/C40H41F3O9/c1-21(2)13-17-27-32(45)28(18-14-22(3)4)37-31(33(27)46)34(47)35(48)36(52-37)25-16-15-24(29(44)19-25)20-30(23(5)6)51-38(49)39(50-7,40(41,42)43)26-11-9-8-10-12-26/h8-16,19,30,44-46,48H,5,17-18,20H2,1-4,6-7H3/t30-,39+/m0/s1. The van der Waals surface area contributed by atoms with Crippen LogP contribution in [0.2, 0.25) is 0 Å². The first-order chi connectivity index (χ1) is 24.3. The Bertz CT molecular complexity index is 2120. The van der Waals surface area contributed by atoms with Crippen LogP contribution in [0.3, 0.4) is 0 Å². The fraction of sp³-hybridized carbons (Fsp3) is 0.300. The second-order valence-electron chi connectivity index (χ2n) is 13.0. The number of carbonyl (C=O) groups excluding carboxylic acids is 1. The van der Waals surface area contributed by atoms with E-state index in [2.05, 4.69) is 6.58 Å². The van der Waals surface area contributed by atoms with Gasteiger partial charge in [0.15, 0.2) is 5.76 Å². The zero-order valence-electron chi connectivity index (χ0n) is 29.6. The van der Waals surface area contributed by atoms with Crippen LogP contribution in [0.1, 0.15) is 56.9 Å². The Labute approximate surface area is 298 Å². The summed E-state index contributed by atoms with van der Waals surface area (Å²) in [6, 6.07) is 10.2. The smallest absolute Gasteiger partial charge is 0.432 e. The number of carbonyl (C=O) groups is 1. The van der Waals surface area contributed by atoms with E-state index in [0.29, 0.717) is 0 Å². The average Bonchev–Trinajstić information content (AvgIpc) is 3.06. The van der Waals surface area contributed by atoms with E-state index in [1.54, 1.807) is 12.2 Å². The first kappa shape index (κ1) is 39.3. The number of aromatic hydroxyl groups is 4. The van der Waals surface area contributed by atoms with Crippen molar-refractivity contribution >= 4 is 16.9 Å². The molecule has 0 aliphatic carbocycles. The van der Waals surface area contributed by atoms with Gasteiger partial charge in [-0.05, 0) is 64.7 Å². The number of phenols is 3. The summed E-state index contributed by atoms with van der Waals surface area (Å²) in [6.07, 6.45) is -3.09. The Hall–Kier alpha value is -5.49. The van der Waals surface area contributed by atoms with Crippen molar-refractivity contribution in [1.82, 2.24) is 0 Å². The molecule has 0 aliphatic heterocycles. The van der Waals surface area contributed by atoms with Gasteiger partial charge >= 0.3 is 12.1 Å². The number of phenolic OH excluding ortho intramolecular Hbond substituents is 3. The van der Waals surface area contributed by atoms with Crippen molar-refractivity contribution in [3.05, 3.63) is 116 Å². The molecule has 276 valence electrons. The summed E-state index contributed by atoms with van der Waals surface area (Å²) in [5, 5.41) is 44.2. The number of allylic oxidation sites excluding steroid dienone is 4. The molecule has 4 N–H and O–H groups in total. The molecule has 1 aromatic heterocycles. The Balaban J connectivity index is 1.78. The first-order valence-corrected chi connectivity index (χ1v) is 16.2. The van der Waals surface area contributed by atoms with Crippen molar-refractivity contribution in [2.75, 3.05) is 7.11 Å². The van der Waals surface area contributed by atoms with Crippen LogP contribution < -0.4 is 5.43 Å². The summed E-state index contributed by atoms with van der Waals surface area (Å²) in [5.74, 6) is -4.26. The molecule has 9 nitrogen and oxygen atoms in total. The highest BCUT2D eigenvalue weighted by atomic mass is 19.4. The van der Waals surface area contributed by atoms with Crippen molar-refractivity contribution in [3.8, 4) is 34.3 Å². The van der Waals surface area contributed by atoms with Gasteiger partial charge in [-0.15, -0.1) is 0 Å². The molecule has 2 atom stereocenters. The van der Waals surface area contributed by atoms with Crippen LogP contribution in [0.5, 0.6) is 23.0 Å². The van der Waals surface area contributed by atoms with E-state index in [9.17, 15) is 43.2 Å². The number of hydrogen-bond donors (Lipinski definition) is 4. The number of methoxy groups -OCH3 is 1. The lowest BCUT2D eigenvalue weighted by Gasteiger charge is -2.34. The third-order valence-corrected chi connectivity index (χ3v) is 8.61. The first-order valence-electron chi connectivity index (χ1n) is 16.2. The van der Waals surface area contributed by atoms with Crippen LogP contribution in [0.15, 0.2) is 93.2 Å². The summed E-state index contributed by atoms with van der Waals surface area (Å²) in [7, 11) is 0.749. The quantitative estimate of drug-likeness (QED) is 0.0836. The van der Waals surface area contributed by atoms with Gasteiger partial charge in [0.1, 0.15) is 34.3 Å². The molecule has 0 radical (unpaired) electrons. The molecule has 0 saturated heterocycles. The van der Waals surface area contributed by atoms with Crippen LogP contribution in [-0.4, -0.2) is 45.8 Å². The normalized spacial score (nSPS) is 13.2. The van der Waals surface area contributed by atoms with Gasteiger partial charge in [-0.1, -0.05) is 72.3 Å². The number of rotatable bonds is 12. The Kier molecular flexibility index (Phi) is 11.6. The molecule has 0 fully saturated rings. The largest absolute Gasteiger partial charge is 0.508 e. The van der Waals surface area contributed by atoms with Crippen LogP contribution in [-0.2, 0) is 39.1 Å². The zero-order valence-corrected chi connectivity index (χ0v) is 29.6. The molecule has 12 heteroatoms. The molecule has 1 heterocycles. The van der Waals surface area contributed by atoms with Gasteiger partial charge in [0.2, 0.25) is 11.2 Å². The zero-order chi connectivity index (χ0) is 38.7. The van der Waals surface area contributed by atoms with Gasteiger partial charge in [0.25, 0.3) is 5.60 Å². The molecule has 4 rings (SSSR count). The topological polar surface area (TPSA) is 147 Å². The highest BCUT2D eigenvalue weighted by molar-refractivity contribution is 5.93. The number of alkyl halides is 3. The monoisotopic (exact) mass is 722 g/mol. The summed E-state index contributed by atoms with van der Waals surface area (Å²) in [6.45, 7) is 12.6. The minimum atomic E-state index is -5.21. The molecule has 0 bridgehead atoms. The predicted octanol–water partition coefficient (Wildman–Crippen LogP) is 8.43. The predicted molar refractivity (Wildman–Crippen MR) is 190 cm³/mol. The number of esters is 1. The van der Waals surface area contributed by atoms with E-state index in [1.807, 2.05) is 27.7 Å². The van der Waals surface area contributed by atoms with Crippen LogP contribution in [0, 0.1) is 0 Å². The van der Waals surface area contributed by atoms with Crippen molar-refractivity contribution < 1.29 is 52.3 Å². The second-order valence-corrected chi connectivity index (χ2v) is 13.0. The van der Waals surface area contributed by atoms with Crippen molar-refractivity contribution in [2.45, 2.75) is 71.8 Å². The molecule has 0 spiro atoms. The summed E-state index contributed by atoms with van der Waals surface area (Å²) < 4.78 is 59.6. The minimum Gasteiger partial charge on any atom is -0.508 e. The average molecular weight is 723 g/mol. The number of benzene rings is 3. The van der Waals surface area contributed by atoms with Gasteiger partial charge in [-0.25, -0.2) is 4.79 Å². The summed E-state index contributed by atoms with van der Waals surface area (Å²) in [4.78, 5) is 26.9. The number of hydrogen-bond acceptors (Lipinski definition) is 9. The van der Waals surface area contributed by atoms with E-state index in [4.69, 9.17) is 13.9 Å². The molecular formula is C40H41F3O9. The number of halogens is 3. The maximum Gasteiger partial charge on any atom is 0.432 e. The van der Waals surface area contributed by atoms with E-state index in [0.717, 1.165) is 36.5 Å². The van der Waals surface area contributed by atoms with Gasteiger partial charge in [-0.2, -0.15) is 13.2 Å². The van der Waals surface area contributed by atoms with Crippen molar-refractivity contribution in [2.24, 2.45) is 0 Å². The Morgan fingerprint density at radius 3 is 2.00 bits per heavy atom. The third-order valence-electron chi connectivity index (χ3n) is 8.61. The van der Waals surface area contributed by atoms with Crippen molar-refractivity contribution in [1.29, 1.82) is 0 Å². The summed E-state index contributed by atoms with van der Waals surface area (Å²) >= 11 is 0. The molecule has 0 unspecified atom stereocenters. The van der Waals surface area contributed by atoms with Gasteiger partial charge < -0.3 is 34.3 Å². The SMILES string of the molecule is C=C(C)[C@H](Cc1ccc(-c2oc3c(CC=C(C)C)c(O)c(CC=C(C)C)c(O)c3c(=O)c2O)cc1O)OC(=O)[C@](OC)(c1ccccc1)C(F)(F)F. The van der Waals surface area contributed by atoms with E-state index < -0.39 is 52.1 Å². The van der Waals surface area contributed by atoms with E-state index in [1.165, 1.54) is 37.3 Å².